The molecular weight excluding hydrogens is 384 g/mol. The molecule has 1 saturated heterocycles. The Morgan fingerprint density at radius 1 is 1.21 bits per heavy atom. The third-order valence-corrected chi connectivity index (χ3v) is 5.86. The first-order valence-electron chi connectivity index (χ1n) is 9.76. The van der Waals surface area contributed by atoms with Crippen molar-refractivity contribution in [2.45, 2.75) is 18.9 Å². The Bertz CT molecular complexity index is 874. The monoisotopic (exact) mass is 410 g/mol. The summed E-state index contributed by atoms with van der Waals surface area (Å²) in [5, 5.41) is 10.0. The number of carbonyl (C=O) groups excluding carboxylic acids is 1. The van der Waals surface area contributed by atoms with Crippen LogP contribution >= 0.6 is 11.8 Å². The van der Waals surface area contributed by atoms with Crippen molar-refractivity contribution >= 4 is 17.7 Å². The lowest BCUT2D eigenvalue weighted by atomic mass is 10.1. The minimum atomic E-state index is 0.0973. The molecule has 1 fully saturated rings. The highest BCUT2D eigenvalue weighted by Crippen LogP contribution is 2.24. The maximum Gasteiger partial charge on any atom is 0.233 e. The summed E-state index contributed by atoms with van der Waals surface area (Å²) in [5.74, 6) is 1.29. The molecule has 2 heterocycles. The first-order valence-corrected chi connectivity index (χ1v) is 10.7. The quantitative estimate of drug-likeness (QED) is 0.654. The van der Waals surface area contributed by atoms with Crippen LogP contribution in [0, 0.1) is 25.2 Å². The summed E-state index contributed by atoms with van der Waals surface area (Å²) in [5.41, 5.74) is 2.33. The van der Waals surface area contributed by atoms with Crippen LogP contribution in [0.1, 0.15) is 16.8 Å². The molecule has 7 heteroatoms. The molecule has 29 heavy (non-hydrogen) atoms. The van der Waals surface area contributed by atoms with E-state index in [4.69, 9.17) is 4.74 Å². The van der Waals surface area contributed by atoms with Gasteiger partial charge in [0.25, 0.3) is 0 Å². The number of carbonyl (C=O) groups is 1. The first-order chi connectivity index (χ1) is 14.1. The van der Waals surface area contributed by atoms with Crippen molar-refractivity contribution in [2.75, 3.05) is 45.1 Å². The highest BCUT2D eigenvalue weighted by atomic mass is 32.2. The topological polar surface area (TPSA) is 69.5 Å². The molecule has 1 amide bonds. The molecule has 2 aromatic rings. The number of benzene rings is 1. The van der Waals surface area contributed by atoms with E-state index in [1.54, 1.807) is 0 Å². The van der Waals surface area contributed by atoms with Gasteiger partial charge < -0.3 is 9.64 Å². The van der Waals surface area contributed by atoms with Gasteiger partial charge in [-0.2, -0.15) is 5.26 Å². The van der Waals surface area contributed by atoms with E-state index in [1.807, 2.05) is 55.1 Å². The number of aromatic nitrogens is 1. The molecule has 0 spiro atoms. The van der Waals surface area contributed by atoms with Gasteiger partial charge in [0.15, 0.2) is 0 Å². The first kappa shape index (κ1) is 21.2. The van der Waals surface area contributed by atoms with Crippen molar-refractivity contribution in [3.05, 3.63) is 53.2 Å². The van der Waals surface area contributed by atoms with Crippen LogP contribution in [0.5, 0.6) is 5.75 Å². The summed E-state index contributed by atoms with van der Waals surface area (Å²) in [6, 6.07) is 13.9. The number of nitrogens with zero attached hydrogens (tertiary/aromatic N) is 4. The van der Waals surface area contributed by atoms with Crippen molar-refractivity contribution in [3.8, 4) is 11.8 Å². The normalized spacial score (nSPS) is 14.4. The molecule has 1 aliphatic heterocycles. The smallest absolute Gasteiger partial charge is 0.233 e. The maximum absolute atomic E-state index is 12.6. The van der Waals surface area contributed by atoms with Crippen LogP contribution in [-0.2, 0) is 4.79 Å². The van der Waals surface area contributed by atoms with Crippen LogP contribution in [0.3, 0.4) is 0 Å². The number of hydrogen-bond donors (Lipinski definition) is 0. The van der Waals surface area contributed by atoms with Crippen LogP contribution in [0.15, 0.2) is 41.4 Å². The van der Waals surface area contributed by atoms with Crippen molar-refractivity contribution in [1.29, 1.82) is 5.26 Å². The van der Waals surface area contributed by atoms with Crippen molar-refractivity contribution in [2.24, 2.45) is 0 Å². The Balaban J connectivity index is 1.42. The minimum Gasteiger partial charge on any atom is -0.492 e. The minimum absolute atomic E-state index is 0.0973. The van der Waals surface area contributed by atoms with Gasteiger partial charge in [-0.15, -0.1) is 0 Å². The van der Waals surface area contributed by atoms with Crippen LogP contribution in [0.2, 0.25) is 0 Å². The van der Waals surface area contributed by atoms with Crippen LogP contribution in [0.25, 0.3) is 0 Å². The van der Waals surface area contributed by atoms with E-state index in [0.29, 0.717) is 22.9 Å². The van der Waals surface area contributed by atoms with Crippen molar-refractivity contribution < 1.29 is 9.53 Å². The molecule has 152 valence electrons. The number of piperazine rings is 1. The summed E-state index contributed by atoms with van der Waals surface area (Å²) in [6.45, 7) is 8.43. The van der Waals surface area contributed by atoms with Crippen LogP contribution in [0.4, 0.5) is 0 Å². The summed E-state index contributed by atoms with van der Waals surface area (Å²) in [6.07, 6.45) is 0. The predicted molar refractivity (Wildman–Crippen MR) is 114 cm³/mol. The number of para-hydroxylation sites is 1. The molecule has 0 atom stereocenters. The molecule has 0 saturated carbocycles. The van der Waals surface area contributed by atoms with Gasteiger partial charge in [0.2, 0.25) is 5.91 Å². The number of amides is 1. The Labute approximate surface area is 176 Å². The second-order valence-electron chi connectivity index (χ2n) is 7.05. The van der Waals surface area contributed by atoms with Gasteiger partial charge in [-0.25, -0.2) is 4.98 Å². The number of ether oxygens (including phenoxy) is 1. The average Bonchev–Trinajstić information content (AvgIpc) is 2.73. The molecule has 3 rings (SSSR count). The molecule has 1 aromatic carbocycles. The lowest BCUT2D eigenvalue weighted by Crippen LogP contribution is -2.50. The zero-order valence-corrected chi connectivity index (χ0v) is 17.7. The van der Waals surface area contributed by atoms with Crippen molar-refractivity contribution in [1.82, 2.24) is 14.8 Å². The highest BCUT2D eigenvalue weighted by molar-refractivity contribution is 8.00. The van der Waals surface area contributed by atoms with E-state index in [0.717, 1.165) is 49.7 Å². The lowest BCUT2D eigenvalue weighted by Gasteiger charge is -2.34. The van der Waals surface area contributed by atoms with Gasteiger partial charge in [0.05, 0.1) is 11.3 Å². The molecule has 0 unspecified atom stereocenters. The van der Waals surface area contributed by atoms with Gasteiger partial charge in [-0.1, -0.05) is 30.0 Å². The second kappa shape index (κ2) is 10.3. The SMILES string of the molecule is Cc1cc(C)c(C#N)c(SCC(=O)N2CCN(CCOc3ccccc3)CC2)n1. The summed E-state index contributed by atoms with van der Waals surface area (Å²) < 4.78 is 5.75. The maximum atomic E-state index is 12.6. The summed E-state index contributed by atoms with van der Waals surface area (Å²) >= 11 is 1.36. The second-order valence-corrected chi connectivity index (χ2v) is 8.01. The number of pyridine rings is 1. The zero-order chi connectivity index (χ0) is 20.6. The Morgan fingerprint density at radius 3 is 2.62 bits per heavy atom. The van der Waals surface area contributed by atoms with E-state index in [1.165, 1.54) is 11.8 Å². The number of hydrogen-bond acceptors (Lipinski definition) is 6. The van der Waals surface area contributed by atoms with Crippen LogP contribution < -0.4 is 4.74 Å². The molecule has 0 aliphatic carbocycles. The van der Waals surface area contributed by atoms with Gasteiger partial charge in [-0.3, -0.25) is 9.69 Å². The van der Waals surface area contributed by atoms with Gasteiger partial charge in [0, 0.05) is 38.4 Å². The molecule has 0 radical (unpaired) electrons. The molecular formula is C22H26N4O2S. The van der Waals surface area contributed by atoms with E-state index in [2.05, 4.69) is 16.0 Å². The zero-order valence-electron chi connectivity index (χ0n) is 16.9. The highest BCUT2D eigenvalue weighted by Gasteiger charge is 2.21. The van der Waals surface area contributed by atoms with E-state index >= 15 is 0 Å². The standard InChI is InChI=1S/C22H26N4O2S/c1-17-14-18(2)24-22(20(17)15-23)29-16-21(27)26-10-8-25(9-11-26)12-13-28-19-6-4-3-5-7-19/h3-7,14H,8-13,16H2,1-2H3. The number of thioether (sulfide) groups is 1. The van der Waals surface area contributed by atoms with Gasteiger partial charge in [0.1, 0.15) is 23.5 Å². The Morgan fingerprint density at radius 2 is 1.93 bits per heavy atom. The van der Waals surface area contributed by atoms with Crippen molar-refractivity contribution in [3.63, 3.8) is 0 Å². The Hall–Kier alpha value is -2.56. The van der Waals surface area contributed by atoms with Gasteiger partial charge >= 0.3 is 0 Å². The summed E-state index contributed by atoms with van der Waals surface area (Å²) in [4.78, 5) is 21.3. The fourth-order valence-electron chi connectivity index (χ4n) is 3.29. The summed E-state index contributed by atoms with van der Waals surface area (Å²) in [7, 11) is 0. The number of rotatable bonds is 7. The lowest BCUT2D eigenvalue weighted by molar-refractivity contribution is -0.130. The van der Waals surface area contributed by atoms with E-state index in [-0.39, 0.29) is 5.91 Å². The number of nitriles is 1. The average molecular weight is 411 g/mol. The predicted octanol–water partition coefficient (Wildman–Crippen LogP) is 2.89. The third-order valence-electron chi connectivity index (χ3n) is 4.90. The van der Waals surface area contributed by atoms with Crippen LogP contribution in [-0.4, -0.2) is 65.8 Å². The largest absolute Gasteiger partial charge is 0.492 e. The molecule has 1 aliphatic rings. The molecule has 0 bridgehead atoms. The molecule has 0 N–H and O–H groups in total. The number of aryl methyl sites for hydroxylation is 2. The molecule has 1 aromatic heterocycles. The van der Waals surface area contributed by atoms with E-state index in [9.17, 15) is 10.1 Å². The fourth-order valence-corrected chi connectivity index (χ4v) is 4.30. The fraction of sp³-hybridized carbons (Fsp3) is 0.409. The van der Waals surface area contributed by atoms with Gasteiger partial charge in [-0.05, 0) is 37.6 Å². The molecule has 6 nitrogen and oxygen atoms in total. The van der Waals surface area contributed by atoms with E-state index < -0.39 is 0 Å². The Kier molecular flexibility index (Phi) is 7.50. The third kappa shape index (κ3) is 5.96.